The van der Waals surface area contributed by atoms with E-state index in [1.165, 1.54) is 0 Å². The summed E-state index contributed by atoms with van der Waals surface area (Å²) in [6.45, 7) is 1.99. The van der Waals surface area contributed by atoms with E-state index in [2.05, 4.69) is 21.7 Å². The summed E-state index contributed by atoms with van der Waals surface area (Å²) in [6, 6.07) is 7.02. The second-order valence-corrected chi connectivity index (χ2v) is 8.08. The summed E-state index contributed by atoms with van der Waals surface area (Å²) in [4.78, 5) is 16.4. The van der Waals surface area contributed by atoms with Gasteiger partial charge in [0.25, 0.3) is 5.91 Å². The molecule has 0 radical (unpaired) electrons. The van der Waals surface area contributed by atoms with Crippen LogP contribution in [0.4, 0.5) is 21.7 Å². The lowest BCUT2D eigenvalue weighted by molar-refractivity contribution is 0.100. The zero-order chi connectivity index (χ0) is 21.4. The number of hydrogen-bond acceptors (Lipinski definition) is 5. The summed E-state index contributed by atoms with van der Waals surface area (Å²) in [5.74, 6) is -1.09. The van der Waals surface area contributed by atoms with Crippen molar-refractivity contribution in [2.24, 2.45) is 18.5 Å². The highest BCUT2D eigenvalue weighted by molar-refractivity contribution is 6.01. The smallest absolute Gasteiger partial charge is 0.252 e. The number of halogens is 1. The first-order valence-corrected chi connectivity index (χ1v) is 10.2. The van der Waals surface area contributed by atoms with E-state index in [1.807, 2.05) is 36.9 Å². The molecule has 6 N–H and O–H groups in total. The fraction of sp³-hybridized carbons (Fsp3) is 0.364. The van der Waals surface area contributed by atoms with Crippen molar-refractivity contribution in [3.63, 3.8) is 0 Å². The summed E-state index contributed by atoms with van der Waals surface area (Å²) in [5.41, 5.74) is 14.5. The molecule has 4 rings (SSSR count). The molecule has 0 bridgehead atoms. The minimum atomic E-state index is -0.748. The molecule has 0 spiro atoms. The average Bonchev–Trinajstić information content (AvgIpc) is 3.06. The van der Waals surface area contributed by atoms with E-state index in [0.29, 0.717) is 0 Å². The maximum absolute atomic E-state index is 14.7. The number of benzene rings is 1. The quantitative estimate of drug-likeness (QED) is 0.514. The fourth-order valence-corrected chi connectivity index (χ4v) is 4.13. The fourth-order valence-electron chi connectivity index (χ4n) is 4.13. The number of rotatable bonds is 5. The van der Waals surface area contributed by atoms with Gasteiger partial charge in [0.15, 0.2) is 11.6 Å². The molecule has 1 aromatic carbocycles. The maximum atomic E-state index is 14.7. The zero-order valence-electron chi connectivity index (χ0n) is 17.2. The molecule has 8 heteroatoms. The summed E-state index contributed by atoms with van der Waals surface area (Å²) < 4.78 is 16.7. The number of carbonyl (C=O) groups is 1. The second-order valence-electron chi connectivity index (χ2n) is 8.08. The molecule has 1 aliphatic rings. The number of fused-ring (bicyclic) bond motifs is 1. The molecule has 1 fully saturated rings. The van der Waals surface area contributed by atoms with Crippen LogP contribution in [0.1, 0.15) is 41.6 Å². The Hall–Kier alpha value is -3.13. The highest BCUT2D eigenvalue weighted by atomic mass is 19.1. The Kier molecular flexibility index (Phi) is 5.34. The molecule has 30 heavy (non-hydrogen) atoms. The van der Waals surface area contributed by atoms with E-state index in [1.54, 1.807) is 0 Å². The molecule has 7 nitrogen and oxygen atoms in total. The Balaban J connectivity index is 1.74. The number of aryl methyl sites for hydroxylation is 2. The Morgan fingerprint density at radius 3 is 2.73 bits per heavy atom. The number of primary amides is 1. The van der Waals surface area contributed by atoms with Gasteiger partial charge in [0.2, 0.25) is 0 Å². The van der Waals surface area contributed by atoms with Crippen LogP contribution in [-0.2, 0) is 7.05 Å². The predicted molar refractivity (Wildman–Crippen MR) is 118 cm³/mol. The molecule has 0 unspecified atom stereocenters. The van der Waals surface area contributed by atoms with Crippen LogP contribution in [0.3, 0.4) is 0 Å². The van der Waals surface area contributed by atoms with Gasteiger partial charge in [0.1, 0.15) is 5.82 Å². The minimum Gasteiger partial charge on any atom is -0.365 e. The van der Waals surface area contributed by atoms with Crippen LogP contribution in [0.25, 0.3) is 10.9 Å². The third kappa shape index (κ3) is 3.82. The lowest BCUT2D eigenvalue weighted by atomic mass is 9.91. The van der Waals surface area contributed by atoms with Crippen molar-refractivity contribution >= 4 is 34.1 Å². The number of aromatic nitrogens is 2. The Morgan fingerprint density at radius 1 is 1.23 bits per heavy atom. The summed E-state index contributed by atoms with van der Waals surface area (Å²) in [5, 5.41) is 7.31. The summed E-state index contributed by atoms with van der Waals surface area (Å²) in [7, 11) is 1.96. The molecule has 2 aromatic heterocycles. The number of carbonyl (C=O) groups excluding carboxylic acids is 1. The van der Waals surface area contributed by atoms with Crippen LogP contribution in [0.15, 0.2) is 30.5 Å². The van der Waals surface area contributed by atoms with Crippen LogP contribution in [-0.4, -0.2) is 27.5 Å². The largest absolute Gasteiger partial charge is 0.365 e. The molecule has 1 aliphatic carbocycles. The molecular weight excluding hydrogens is 383 g/mol. The van der Waals surface area contributed by atoms with E-state index in [-0.39, 0.29) is 29.3 Å². The van der Waals surface area contributed by atoms with E-state index in [9.17, 15) is 9.18 Å². The molecule has 2 heterocycles. The van der Waals surface area contributed by atoms with Gasteiger partial charge < -0.3 is 26.7 Å². The van der Waals surface area contributed by atoms with Crippen molar-refractivity contribution < 1.29 is 9.18 Å². The average molecular weight is 410 g/mol. The highest BCUT2D eigenvalue weighted by Crippen LogP contribution is 2.31. The van der Waals surface area contributed by atoms with Crippen molar-refractivity contribution in [1.82, 2.24) is 9.55 Å². The van der Waals surface area contributed by atoms with Gasteiger partial charge in [-0.25, -0.2) is 9.37 Å². The van der Waals surface area contributed by atoms with Gasteiger partial charge in [-0.05, 0) is 49.6 Å². The molecule has 3 aromatic rings. The van der Waals surface area contributed by atoms with Crippen molar-refractivity contribution in [2.45, 2.75) is 44.7 Å². The van der Waals surface area contributed by atoms with Crippen LogP contribution in [0, 0.1) is 12.7 Å². The monoisotopic (exact) mass is 410 g/mol. The van der Waals surface area contributed by atoms with E-state index < -0.39 is 11.7 Å². The number of amides is 1. The van der Waals surface area contributed by atoms with Crippen LogP contribution >= 0.6 is 0 Å². The summed E-state index contributed by atoms with van der Waals surface area (Å²) in [6.07, 6.45) is 5.81. The molecule has 1 amide bonds. The third-order valence-electron chi connectivity index (χ3n) is 5.78. The topological polar surface area (TPSA) is 111 Å². The zero-order valence-corrected chi connectivity index (χ0v) is 17.2. The van der Waals surface area contributed by atoms with Crippen molar-refractivity contribution in [3.05, 3.63) is 47.4 Å². The van der Waals surface area contributed by atoms with Gasteiger partial charge in [-0.3, -0.25) is 4.79 Å². The predicted octanol–water partition coefficient (Wildman–Crippen LogP) is 3.55. The van der Waals surface area contributed by atoms with Gasteiger partial charge in [0, 0.05) is 36.4 Å². The highest BCUT2D eigenvalue weighted by Gasteiger charge is 2.24. The molecule has 2 atom stereocenters. The molecule has 158 valence electrons. The molecule has 0 aliphatic heterocycles. The number of anilines is 3. The lowest BCUT2D eigenvalue weighted by Crippen LogP contribution is -2.43. The number of nitrogens with zero attached hydrogens (tertiary/aromatic N) is 2. The van der Waals surface area contributed by atoms with Crippen LogP contribution in [0.5, 0.6) is 0 Å². The first-order valence-electron chi connectivity index (χ1n) is 10.2. The number of hydrogen-bond donors (Lipinski definition) is 4. The standard InChI is InChI=1S/C22H27FN6O/c1-12-9-18(13-7-8-29(2)19(13)10-12)27-21-14(20(25)30)11-15(23)22(28-21)26-17-6-4-3-5-16(17)24/h7-11,16-17H,3-6,24H2,1-2H3,(H2,25,30)(H2,26,27,28)/t16-,17+/m0/s1. The van der Waals surface area contributed by atoms with Gasteiger partial charge in [0.05, 0.1) is 11.1 Å². The van der Waals surface area contributed by atoms with Gasteiger partial charge in [-0.15, -0.1) is 0 Å². The van der Waals surface area contributed by atoms with Gasteiger partial charge >= 0.3 is 0 Å². The number of pyridine rings is 1. The molecular formula is C22H27FN6O. The van der Waals surface area contributed by atoms with Gasteiger partial charge in [-0.1, -0.05) is 12.8 Å². The first kappa shape index (κ1) is 20.2. The van der Waals surface area contributed by atoms with Crippen LogP contribution < -0.4 is 22.1 Å². The van der Waals surface area contributed by atoms with E-state index >= 15 is 0 Å². The Bertz CT molecular complexity index is 1110. The number of nitrogens with two attached hydrogens (primary N) is 2. The lowest BCUT2D eigenvalue weighted by Gasteiger charge is -2.30. The Labute approximate surface area is 174 Å². The maximum Gasteiger partial charge on any atom is 0.252 e. The van der Waals surface area contributed by atoms with Crippen molar-refractivity contribution in [2.75, 3.05) is 10.6 Å². The first-order chi connectivity index (χ1) is 14.3. The van der Waals surface area contributed by atoms with Crippen LogP contribution in [0.2, 0.25) is 0 Å². The molecule has 0 saturated heterocycles. The summed E-state index contributed by atoms with van der Waals surface area (Å²) >= 11 is 0. The van der Waals surface area contributed by atoms with Gasteiger partial charge in [-0.2, -0.15) is 0 Å². The van der Waals surface area contributed by atoms with Crippen molar-refractivity contribution in [1.29, 1.82) is 0 Å². The van der Waals surface area contributed by atoms with E-state index in [0.717, 1.165) is 53.9 Å². The van der Waals surface area contributed by atoms with Crippen molar-refractivity contribution in [3.8, 4) is 0 Å². The Morgan fingerprint density at radius 2 is 2.00 bits per heavy atom. The minimum absolute atomic E-state index is 0.00317. The second kappa shape index (κ2) is 7.95. The van der Waals surface area contributed by atoms with E-state index in [4.69, 9.17) is 11.5 Å². The normalized spacial score (nSPS) is 19.1. The molecule has 1 saturated carbocycles. The third-order valence-corrected chi connectivity index (χ3v) is 5.78. The number of nitrogens with one attached hydrogen (secondary N) is 2. The SMILES string of the molecule is Cc1cc(Nc2nc(N[C@@H]3CCCC[C@@H]3N)c(F)cc2C(N)=O)c2ccn(C)c2c1.